The van der Waals surface area contributed by atoms with Gasteiger partial charge < -0.3 is 9.80 Å². The number of amides is 2. The van der Waals surface area contributed by atoms with Gasteiger partial charge in [0.1, 0.15) is 12.1 Å². The van der Waals surface area contributed by atoms with Crippen LogP contribution in [-0.4, -0.2) is 56.8 Å². The molecule has 2 saturated heterocycles. The van der Waals surface area contributed by atoms with Crippen molar-refractivity contribution in [2.75, 3.05) is 26.2 Å². The molecule has 0 N–H and O–H groups in total. The van der Waals surface area contributed by atoms with Crippen LogP contribution < -0.4 is 0 Å². The molecule has 32 heavy (non-hydrogen) atoms. The molecule has 1 aromatic heterocycles. The van der Waals surface area contributed by atoms with Crippen molar-refractivity contribution in [1.29, 1.82) is 0 Å². The van der Waals surface area contributed by atoms with Crippen molar-refractivity contribution in [2.24, 2.45) is 11.3 Å². The number of aromatic nitrogens is 3. The van der Waals surface area contributed by atoms with Gasteiger partial charge in [-0.3, -0.25) is 0 Å². The zero-order valence-electron chi connectivity index (χ0n) is 18.3. The van der Waals surface area contributed by atoms with Crippen molar-refractivity contribution in [2.45, 2.75) is 61.8 Å². The zero-order valence-corrected chi connectivity index (χ0v) is 19.2. The molecule has 6 nitrogen and oxygen atoms in total. The predicted octanol–water partition coefficient (Wildman–Crippen LogP) is 4.29. The Bertz CT molecular complexity index is 1020. The number of rotatable bonds is 4. The average molecular weight is 456 g/mol. The van der Waals surface area contributed by atoms with Crippen LogP contribution in [0.1, 0.15) is 61.9 Å². The molecule has 2 aromatic rings. The van der Waals surface area contributed by atoms with Gasteiger partial charge in [-0.25, -0.2) is 18.9 Å². The Balaban J connectivity index is 0.960. The van der Waals surface area contributed by atoms with E-state index in [0.29, 0.717) is 23.3 Å². The van der Waals surface area contributed by atoms with Crippen LogP contribution in [0.25, 0.3) is 0 Å². The number of likely N-dealkylation sites (tertiary alicyclic amines) is 2. The molecule has 170 valence electrons. The highest BCUT2D eigenvalue weighted by Crippen LogP contribution is 2.54. The van der Waals surface area contributed by atoms with Gasteiger partial charge in [0.15, 0.2) is 5.82 Å². The summed E-state index contributed by atoms with van der Waals surface area (Å²) in [6, 6.07) is 5.63. The number of carbonyl (C=O) groups is 1. The topological polar surface area (TPSA) is 54.3 Å². The summed E-state index contributed by atoms with van der Waals surface area (Å²) in [5.74, 6) is 1.88. The summed E-state index contributed by atoms with van der Waals surface area (Å²) < 4.78 is 16.1. The first-order chi connectivity index (χ1) is 15.5. The van der Waals surface area contributed by atoms with Crippen LogP contribution in [0.15, 0.2) is 29.4 Å². The predicted molar refractivity (Wildman–Crippen MR) is 121 cm³/mol. The van der Waals surface area contributed by atoms with Crippen molar-refractivity contribution < 1.29 is 9.18 Å². The number of piperidine rings is 1. The lowest BCUT2D eigenvalue weighted by Crippen LogP contribution is -2.66. The molecule has 2 amide bonds. The summed E-state index contributed by atoms with van der Waals surface area (Å²) in [7, 11) is 0. The Kier molecular flexibility index (Phi) is 4.97. The molecule has 3 heterocycles. The highest BCUT2D eigenvalue weighted by molar-refractivity contribution is 7.80. The third-order valence-electron chi connectivity index (χ3n) is 7.93. The van der Waals surface area contributed by atoms with Crippen molar-refractivity contribution in [3.8, 4) is 0 Å². The normalized spacial score (nSPS) is 23.3. The van der Waals surface area contributed by atoms with Gasteiger partial charge >= 0.3 is 6.03 Å². The number of halogens is 1. The molecule has 0 atom stereocenters. The Morgan fingerprint density at radius 1 is 1.12 bits per heavy atom. The summed E-state index contributed by atoms with van der Waals surface area (Å²) in [6.45, 7) is 3.26. The Morgan fingerprint density at radius 3 is 2.59 bits per heavy atom. The van der Waals surface area contributed by atoms with Gasteiger partial charge in [0.2, 0.25) is 0 Å². The van der Waals surface area contributed by atoms with Crippen LogP contribution in [0.3, 0.4) is 0 Å². The average Bonchev–Trinajstić information content (AvgIpc) is 3.47. The quantitative estimate of drug-likeness (QED) is 0.700. The van der Waals surface area contributed by atoms with Gasteiger partial charge in [0.05, 0.1) is 6.04 Å². The summed E-state index contributed by atoms with van der Waals surface area (Å²) >= 11 is 4.33. The van der Waals surface area contributed by atoms with E-state index >= 15 is 0 Å². The third kappa shape index (κ3) is 3.80. The van der Waals surface area contributed by atoms with E-state index in [4.69, 9.17) is 0 Å². The molecule has 2 aliphatic heterocycles. The standard InChI is InChI=1S/C24H30FN5OS/c25-21-4-3-20(32)10-18(21)9-16-5-7-28(8-6-16)23(31)29-13-24(14-29)11-19(12-24)30-15-26-22(27-30)17-1-2-17/h3-4,10,15-17,19,32H,1-2,5-9,11-14H2. The molecule has 6 rings (SSSR count). The fourth-order valence-electron chi connectivity index (χ4n) is 5.83. The molecule has 0 bridgehead atoms. The number of benzene rings is 1. The fourth-order valence-corrected chi connectivity index (χ4v) is 6.06. The van der Waals surface area contributed by atoms with Crippen LogP contribution in [0.2, 0.25) is 0 Å². The Morgan fingerprint density at radius 2 is 1.88 bits per heavy atom. The summed E-state index contributed by atoms with van der Waals surface area (Å²) in [5.41, 5.74) is 1.03. The lowest BCUT2D eigenvalue weighted by molar-refractivity contribution is -0.0750. The molecular weight excluding hydrogens is 425 g/mol. The third-order valence-corrected chi connectivity index (χ3v) is 8.20. The molecule has 0 unspecified atom stereocenters. The number of hydrogen-bond acceptors (Lipinski definition) is 4. The zero-order chi connectivity index (χ0) is 21.9. The second-order valence-corrected chi connectivity index (χ2v) is 11.0. The number of urea groups is 1. The van der Waals surface area contributed by atoms with E-state index in [2.05, 4.69) is 27.4 Å². The molecule has 2 saturated carbocycles. The van der Waals surface area contributed by atoms with E-state index < -0.39 is 0 Å². The monoisotopic (exact) mass is 455 g/mol. The maximum atomic E-state index is 14.1. The van der Waals surface area contributed by atoms with E-state index in [1.807, 2.05) is 22.2 Å². The van der Waals surface area contributed by atoms with Gasteiger partial charge in [0, 0.05) is 42.4 Å². The lowest BCUT2D eigenvalue weighted by atomic mass is 9.61. The van der Waals surface area contributed by atoms with Gasteiger partial charge in [-0.15, -0.1) is 12.6 Å². The smallest absolute Gasteiger partial charge is 0.320 e. The number of nitrogens with zero attached hydrogens (tertiary/aromatic N) is 5. The number of carbonyl (C=O) groups excluding carboxylic acids is 1. The number of thiol groups is 1. The van der Waals surface area contributed by atoms with Gasteiger partial charge in [-0.2, -0.15) is 5.10 Å². The van der Waals surface area contributed by atoms with Crippen LogP contribution >= 0.6 is 12.6 Å². The minimum absolute atomic E-state index is 0.152. The molecule has 4 fully saturated rings. The fraction of sp³-hybridized carbons (Fsp3) is 0.625. The van der Waals surface area contributed by atoms with Crippen LogP contribution in [0.5, 0.6) is 0 Å². The maximum absolute atomic E-state index is 14.1. The molecule has 4 aliphatic rings. The van der Waals surface area contributed by atoms with Gasteiger partial charge in [-0.05, 0) is 74.6 Å². The lowest BCUT2D eigenvalue weighted by Gasteiger charge is -2.59. The summed E-state index contributed by atoms with van der Waals surface area (Å²) in [4.78, 5) is 22.2. The van der Waals surface area contributed by atoms with E-state index in [1.165, 1.54) is 18.9 Å². The van der Waals surface area contributed by atoms with Crippen molar-refractivity contribution in [1.82, 2.24) is 24.6 Å². The molecular formula is C24H30FN5OS. The maximum Gasteiger partial charge on any atom is 0.320 e. The summed E-state index contributed by atoms with van der Waals surface area (Å²) in [5, 5.41) is 4.68. The second-order valence-electron chi connectivity index (χ2n) is 10.5. The second kappa shape index (κ2) is 7.75. The van der Waals surface area contributed by atoms with E-state index in [9.17, 15) is 9.18 Å². The van der Waals surface area contributed by atoms with E-state index in [0.717, 1.165) is 74.6 Å². The van der Waals surface area contributed by atoms with Crippen molar-refractivity contribution >= 4 is 18.7 Å². The highest BCUT2D eigenvalue weighted by Gasteiger charge is 2.55. The first-order valence-electron chi connectivity index (χ1n) is 11.9. The first-order valence-corrected chi connectivity index (χ1v) is 12.4. The minimum atomic E-state index is -0.152. The Labute approximate surface area is 193 Å². The first kappa shape index (κ1) is 20.5. The van der Waals surface area contributed by atoms with Gasteiger partial charge in [-0.1, -0.05) is 0 Å². The molecule has 8 heteroatoms. The van der Waals surface area contributed by atoms with Crippen LogP contribution in [0, 0.1) is 17.2 Å². The molecule has 0 radical (unpaired) electrons. The van der Waals surface area contributed by atoms with E-state index in [-0.39, 0.29) is 11.8 Å². The highest BCUT2D eigenvalue weighted by atomic mass is 32.1. The summed E-state index contributed by atoms with van der Waals surface area (Å²) in [6.07, 6.45) is 9.14. The van der Waals surface area contributed by atoms with Crippen LogP contribution in [0.4, 0.5) is 9.18 Å². The molecule has 1 spiro atoms. The number of hydrogen-bond donors (Lipinski definition) is 1. The van der Waals surface area contributed by atoms with Gasteiger partial charge in [0.25, 0.3) is 0 Å². The molecule has 1 aromatic carbocycles. The van der Waals surface area contributed by atoms with Crippen LogP contribution in [-0.2, 0) is 6.42 Å². The minimum Gasteiger partial charge on any atom is -0.325 e. The largest absolute Gasteiger partial charge is 0.325 e. The Hall–Kier alpha value is -2.09. The van der Waals surface area contributed by atoms with Crippen molar-refractivity contribution in [3.05, 3.63) is 41.7 Å². The SMILES string of the molecule is O=C(N1CCC(Cc2cc(S)ccc2F)CC1)N1CC2(CC(n3cnc(C4CC4)n3)C2)C1. The molecule has 2 aliphatic carbocycles. The van der Waals surface area contributed by atoms with Crippen molar-refractivity contribution in [3.63, 3.8) is 0 Å². The van der Waals surface area contributed by atoms with E-state index in [1.54, 1.807) is 6.07 Å².